The second-order valence-electron chi connectivity index (χ2n) is 10.6. The van der Waals surface area contributed by atoms with Crippen LogP contribution in [-0.4, -0.2) is 109 Å². The number of nitrogens with one attached hydrogen (secondary N) is 2. The van der Waals surface area contributed by atoms with Gasteiger partial charge in [-0.3, -0.25) is 4.79 Å². The Morgan fingerprint density at radius 3 is 2.29 bits per heavy atom. The predicted octanol–water partition coefficient (Wildman–Crippen LogP) is 4.44. The van der Waals surface area contributed by atoms with Gasteiger partial charge in [-0.05, 0) is 29.8 Å². The van der Waals surface area contributed by atoms with E-state index in [4.69, 9.17) is 4.74 Å². The summed E-state index contributed by atoms with van der Waals surface area (Å²) in [5.74, 6) is 0.521. The molecule has 5 rings (SSSR count). The second kappa shape index (κ2) is 11.8. The third kappa shape index (κ3) is 5.58. The van der Waals surface area contributed by atoms with E-state index in [0.29, 0.717) is 37.4 Å². The molecule has 2 N–H and O–H groups in total. The number of benzene rings is 2. The van der Waals surface area contributed by atoms with Crippen molar-refractivity contribution < 1.29 is 19.1 Å². The Kier molecular flexibility index (Phi) is 8.01. The van der Waals surface area contributed by atoms with E-state index < -0.39 is 0 Å². The summed E-state index contributed by atoms with van der Waals surface area (Å²) in [5.41, 5.74) is 5.03. The SMILES string of the molecule is COc1ccccc1-c1c[nH]c2ncc(-c3ccc(NC(=O)N4CCN(C(=O)N(C)C)CC4)c(C(=O)N(C)C)c3)cc12. The molecule has 42 heavy (non-hydrogen) atoms. The monoisotopic (exact) mass is 569 g/mol. The second-order valence-corrected chi connectivity index (χ2v) is 10.6. The lowest BCUT2D eigenvalue weighted by Gasteiger charge is -2.36. The van der Waals surface area contributed by atoms with Crippen LogP contribution in [0.5, 0.6) is 5.75 Å². The first-order chi connectivity index (χ1) is 20.2. The summed E-state index contributed by atoms with van der Waals surface area (Å²) in [6.07, 6.45) is 3.67. The van der Waals surface area contributed by atoms with E-state index in [-0.39, 0.29) is 18.0 Å². The van der Waals surface area contributed by atoms with Gasteiger partial charge in [-0.25, -0.2) is 14.6 Å². The highest BCUT2D eigenvalue weighted by Gasteiger charge is 2.26. The Hall–Kier alpha value is -5.06. The van der Waals surface area contributed by atoms with Crippen LogP contribution in [0.2, 0.25) is 0 Å². The standard InChI is InChI=1S/C31H35N7O4/c1-35(2)29(39)24-16-20(10-11-26(24)34-30(40)37-12-14-38(15-13-37)31(41)36(3)4)21-17-23-25(19-33-28(23)32-18-21)22-8-6-7-9-27(22)42-5/h6-11,16-19H,12-15H2,1-5H3,(H,32,33)(H,34,40). The first-order valence-electron chi connectivity index (χ1n) is 13.7. The Morgan fingerprint density at radius 2 is 1.60 bits per heavy atom. The summed E-state index contributed by atoms with van der Waals surface area (Å²) in [4.78, 5) is 52.9. The Labute approximate surface area is 244 Å². The summed E-state index contributed by atoms with van der Waals surface area (Å²) in [7, 11) is 8.41. The minimum Gasteiger partial charge on any atom is -0.496 e. The van der Waals surface area contributed by atoms with Crippen LogP contribution in [0, 0.1) is 0 Å². The lowest BCUT2D eigenvalue weighted by Crippen LogP contribution is -2.53. The fraction of sp³-hybridized carbons (Fsp3) is 0.290. The number of amides is 5. The van der Waals surface area contributed by atoms with E-state index in [1.54, 1.807) is 63.4 Å². The van der Waals surface area contributed by atoms with Gasteiger partial charge in [0.1, 0.15) is 11.4 Å². The maximum atomic E-state index is 13.2. The molecular weight excluding hydrogens is 534 g/mol. The molecule has 0 bridgehead atoms. The molecule has 0 saturated carbocycles. The molecule has 2 aromatic heterocycles. The molecule has 0 unspecified atom stereocenters. The van der Waals surface area contributed by atoms with Gasteiger partial charge in [-0.15, -0.1) is 0 Å². The lowest BCUT2D eigenvalue weighted by molar-refractivity contribution is 0.0828. The fourth-order valence-corrected chi connectivity index (χ4v) is 5.08. The number of aromatic nitrogens is 2. The smallest absolute Gasteiger partial charge is 0.321 e. The number of carbonyl (C=O) groups excluding carboxylic acids is 3. The number of hydrogen-bond donors (Lipinski definition) is 2. The van der Waals surface area contributed by atoms with Crippen LogP contribution in [0.15, 0.2) is 60.9 Å². The quantitative estimate of drug-likeness (QED) is 0.369. The van der Waals surface area contributed by atoms with E-state index in [0.717, 1.165) is 39.0 Å². The van der Waals surface area contributed by atoms with Crippen molar-refractivity contribution >= 4 is 34.7 Å². The van der Waals surface area contributed by atoms with Gasteiger partial charge in [-0.2, -0.15) is 0 Å². The van der Waals surface area contributed by atoms with Crippen LogP contribution in [-0.2, 0) is 0 Å². The molecule has 218 valence electrons. The van der Waals surface area contributed by atoms with Crippen molar-refractivity contribution in [3.63, 3.8) is 0 Å². The first kappa shape index (κ1) is 28.5. The van der Waals surface area contributed by atoms with Crippen LogP contribution in [0.25, 0.3) is 33.3 Å². The molecule has 1 fully saturated rings. The van der Waals surface area contributed by atoms with Crippen molar-refractivity contribution in [1.29, 1.82) is 0 Å². The Balaban J connectivity index is 1.43. The fourth-order valence-electron chi connectivity index (χ4n) is 5.08. The van der Waals surface area contributed by atoms with E-state index in [1.807, 2.05) is 42.6 Å². The third-order valence-electron chi connectivity index (χ3n) is 7.38. The average molecular weight is 570 g/mol. The normalized spacial score (nSPS) is 13.2. The number of piperazine rings is 1. The number of urea groups is 2. The summed E-state index contributed by atoms with van der Waals surface area (Å²) >= 11 is 0. The number of H-pyrrole nitrogens is 1. The maximum absolute atomic E-state index is 13.2. The maximum Gasteiger partial charge on any atom is 0.321 e. The zero-order valence-electron chi connectivity index (χ0n) is 24.5. The van der Waals surface area contributed by atoms with E-state index in [9.17, 15) is 14.4 Å². The summed E-state index contributed by atoms with van der Waals surface area (Å²) < 4.78 is 5.58. The molecule has 11 heteroatoms. The summed E-state index contributed by atoms with van der Waals surface area (Å²) in [6, 6.07) is 14.8. The van der Waals surface area contributed by atoms with Crippen molar-refractivity contribution in [3.05, 3.63) is 66.5 Å². The number of para-hydroxylation sites is 1. The van der Waals surface area contributed by atoms with E-state index in [1.165, 1.54) is 9.80 Å². The van der Waals surface area contributed by atoms with E-state index in [2.05, 4.69) is 15.3 Å². The van der Waals surface area contributed by atoms with E-state index >= 15 is 0 Å². The van der Waals surface area contributed by atoms with Crippen LogP contribution < -0.4 is 10.1 Å². The molecule has 0 aliphatic carbocycles. The number of aromatic amines is 1. The number of anilines is 1. The average Bonchev–Trinajstić information content (AvgIpc) is 3.43. The predicted molar refractivity (Wildman–Crippen MR) is 163 cm³/mol. The van der Waals surface area contributed by atoms with Crippen molar-refractivity contribution in [3.8, 4) is 28.0 Å². The van der Waals surface area contributed by atoms with Crippen LogP contribution >= 0.6 is 0 Å². The molecule has 1 aliphatic rings. The molecular formula is C31H35N7O4. The number of hydrogen-bond acceptors (Lipinski definition) is 5. The summed E-state index contributed by atoms with van der Waals surface area (Å²) in [6.45, 7) is 1.69. The van der Waals surface area contributed by atoms with Crippen molar-refractivity contribution in [2.24, 2.45) is 0 Å². The van der Waals surface area contributed by atoms with Gasteiger partial charge in [-0.1, -0.05) is 24.3 Å². The number of nitrogens with zero attached hydrogens (tertiary/aromatic N) is 5. The highest BCUT2D eigenvalue weighted by atomic mass is 16.5. The molecule has 5 amide bonds. The highest BCUT2D eigenvalue weighted by Crippen LogP contribution is 2.36. The molecule has 4 aromatic rings. The van der Waals surface area contributed by atoms with Crippen LogP contribution in [0.1, 0.15) is 10.4 Å². The number of ether oxygens (including phenoxy) is 1. The number of methoxy groups -OCH3 is 1. The van der Waals surface area contributed by atoms with Gasteiger partial charge < -0.3 is 34.6 Å². The van der Waals surface area contributed by atoms with Gasteiger partial charge in [0, 0.05) is 88.8 Å². The topological polar surface area (TPSA) is 114 Å². The molecule has 0 radical (unpaired) electrons. The summed E-state index contributed by atoms with van der Waals surface area (Å²) in [5, 5.41) is 3.84. The van der Waals surface area contributed by atoms with Gasteiger partial charge in [0.05, 0.1) is 18.4 Å². The van der Waals surface area contributed by atoms with Crippen molar-refractivity contribution in [2.45, 2.75) is 0 Å². The van der Waals surface area contributed by atoms with Crippen LogP contribution in [0.3, 0.4) is 0 Å². The minimum atomic E-state index is -0.315. The molecule has 3 heterocycles. The Bertz CT molecular complexity index is 1640. The Morgan fingerprint density at radius 1 is 0.881 bits per heavy atom. The number of pyridine rings is 1. The molecule has 0 spiro atoms. The zero-order chi connectivity index (χ0) is 30.0. The highest BCUT2D eigenvalue weighted by molar-refractivity contribution is 6.05. The van der Waals surface area contributed by atoms with Gasteiger partial charge in [0.25, 0.3) is 5.91 Å². The number of rotatable bonds is 5. The van der Waals surface area contributed by atoms with Gasteiger partial charge >= 0.3 is 12.1 Å². The minimum absolute atomic E-state index is 0.0770. The number of fused-ring (bicyclic) bond motifs is 1. The molecule has 11 nitrogen and oxygen atoms in total. The zero-order valence-corrected chi connectivity index (χ0v) is 24.5. The van der Waals surface area contributed by atoms with Gasteiger partial charge in [0.15, 0.2) is 0 Å². The third-order valence-corrected chi connectivity index (χ3v) is 7.38. The van der Waals surface area contributed by atoms with Crippen molar-refractivity contribution in [1.82, 2.24) is 29.6 Å². The van der Waals surface area contributed by atoms with Gasteiger partial charge in [0.2, 0.25) is 0 Å². The first-order valence-corrected chi connectivity index (χ1v) is 13.7. The molecule has 1 saturated heterocycles. The largest absolute Gasteiger partial charge is 0.496 e. The number of carbonyl (C=O) groups is 3. The van der Waals surface area contributed by atoms with Crippen molar-refractivity contribution in [2.75, 3.05) is 66.8 Å². The lowest BCUT2D eigenvalue weighted by atomic mass is 9.99. The molecule has 1 aliphatic heterocycles. The van der Waals surface area contributed by atoms with Crippen LogP contribution in [0.4, 0.5) is 15.3 Å². The molecule has 0 atom stereocenters. The molecule has 2 aromatic carbocycles.